The first-order valence-corrected chi connectivity index (χ1v) is 8.53. The Morgan fingerprint density at radius 1 is 1.35 bits per heavy atom. The van der Waals surface area contributed by atoms with Gasteiger partial charge in [-0.25, -0.2) is 4.98 Å². The average molecular weight is 328 g/mol. The van der Waals surface area contributed by atoms with Gasteiger partial charge in [0.15, 0.2) is 0 Å². The van der Waals surface area contributed by atoms with Crippen LogP contribution in [0.5, 0.6) is 0 Å². The molecular formula is C13H14ClN3OS2. The summed E-state index contributed by atoms with van der Waals surface area (Å²) in [7, 11) is 0. The van der Waals surface area contributed by atoms with Gasteiger partial charge in [-0.2, -0.15) is 0 Å². The largest absolute Gasteiger partial charge is 0.336 e. The molecule has 0 aliphatic carbocycles. The second-order valence-corrected chi connectivity index (χ2v) is 7.11. The summed E-state index contributed by atoms with van der Waals surface area (Å²) in [5.74, 6) is 0.0267. The first-order valence-electron chi connectivity index (χ1n) is 6.45. The van der Waals surface area contributed by atoms with E-state index >= 15 is 0 Å². The quantitative estimate of drug-likeness (QED) is 0.922. The molecule has 0 aromatic carbocycles. The van der Waals surface area contributed by atoms with Crippen molar-refractivity contribution in [1.82, 2.24) is 15.2 Å². The Kier molecular flexibility index (Phi) is 4.35. The number of amides is 1. The van der Waals surface area contributed by atoms with Crippen molar-refractivity contribution >= 4 is 40.2 Å². The normalized spacial score (nSPS) is 16.1. The predicted octanol–water partition coefficient (Wildman–Crippen LogP) is 2.96. The van der Waals surface area contributed by atoms with E-state index in [9.17, 15) is 4.79 Å². The van der Waals surface area contributed by atoms with Crippen LogP contribution in [0.4, 0.5) is 0 Å². The summed E-state index contributed by atoms with van der Waals surface area (Å²) in [6.45, 7) is 3.36. The minimum atomic E-state index is 0.0267. The zero-order valence-corrected chi connectivity index (χ0v) is 13.2. The zero-order chi connectivity index (χ0) is 13.9. The lowest BCUT2D eigenvalue weighted by atomic mass is 10.3. The summed E-state index contributed by atoms with van der Waals surface area (Å²) in [5, 5.41) is 5.99. The molecule has 0 saturated carbocycles. The van der Waals surface area contributed by atoms with E-state index in [1.807, 2.05) is 22.4 Å². The molecule has 7 heteroatoms. The summed E-state index contributed by atoms with van der Waals surface area (Å²) in [6, 6.07) is 3.79. The number of carbonyl (C=O) groups is 1. The standard InChI is InChI=1S/C13H14ClN3OS2/c14-11-3-2-10(20-11)12-16-9(8-19-12)13(18)17-6-1-4-15-5-7-17/h2-3,8,15H,1,4-7H2. The predicted molar refractivity (Wildman–Crippen MR) is 83.8 cm³/mol. The van der Waals surface area contributed by atoms with Gasteiger partial charge < -0.3 is 10.2 Å². The molecule has 1 amide bonds. The Hall–Kier alpha value is -0.950. The summed E-state index contributed by atoms with van der Waals surface area (Å²) >= 11 is 8.91. The number of aromatic nitrogens is 1. The monoisotopic (exact) mass is 327 g/mol. The van der Waals surface area contributed by atoms with Gasteiger partial charge in [0.2, 0.25) is 0 Å². The second-order valence-electron chi connectivity index (χ2n) is 4.54. The number of carbonyl (C=O) groups excluding carboxylic acids is 1. The molecule has 3 heterocycles. The molecule has 1 saturated heterocycles. The molecule has 2 aromatic rings. The maximum absolute atomic E-state index is 12.4. The van der Waals surface area contributed by atoms with E-state index in [2.05, 4.69) is 10.3 Å². The molecular weight excluding hydrogens is 314 g/mol. The van der Waals surface area contributed by atoms with E-state index in [0.29, 0.717) is 5.69 Å². The number of nitrogens with one attached hydrogen (secondary N) is 1. The van der Waals surface area contributed by atoms with Crippen LogP contribution in [0.25, 0.3) is 9.88 Å². The number of hydrogen-bond acceptors (Lipinski definition) is 5. The molecule has 1 aliphatic heterocycles. The van der Waals surface area contributed by atoms with Crippen LogP contribution in [0.3, 0.4) is 0 Å². The van der Waals surface area contributed by atoms with Crippen molar-refractivity contribution < 1.29 is 4.79 Å². The van der Waals surface area contributed by atoms with Crippen molar-refractivity contribution in [2.45, 2.75) is 6.42 Å². The van der Waals surface area contributed by atoms with E-state index in [1.54, 1.807) is 0 Å². The van der Waals surface area contributed by atoms with Gasteiger partial charge in [-0.3, -0.25) is 4.79 Å². The highest BCUT2D eigenvalue weighted by atomic mass is 35.5. The molecule has 106 valence electrons. The Balaban J connectivity index is 1.77. The van der Waals surface area contributed by atoms with Crippen LogP contribution in [0, 0.1) is 0 Å². The number of nitrogens with zero attached hydrogens (tertiary/aromatic N) is 2. The Labute approximate surface area is 130 Å². The maximum Gasteiger partial charge on any atom is 0.273 e. The lowest BCUT2D eigenvalue weighted by molar-refractivity contribution is 0.0761. The summed E-state index contributed by atoms with van der Waals surface area (Å²) in [5.41, 5.74) is 0.538. The summed E-state index contributed by atoms with van der Waals surface area (Å²) in [4.78, 5) is 19.8. The van der Waals surface area contributed by atoms with Crippen LogP contribution in [0.1, 0.15) is 16.9 Å². The van der Waals surface area contributed by atoms with Gasteiger partial charge in [-0.1, -0.05) is 11.6 Å². The fourth-order valence-electron chi connectivity index (χ4n) is 2.13. The van der Waals surface area contributed by atoms with E-state index in [1.165, 1.54) is 22.7 Å². The van der Waals surface area contributed by atoms with E-state index in [-0.39, 0.29) is 5.91 Å². The first kappa shape index (κ1) is 14.0. The molecule has 0 unspecified atom stereocenters. The lowest BCUT2D eigenvalue weighted by Gasteiger charge is -2.18. The Bertz CT molecular complexity index is 602. The SMILES string of the molecule is O=C(c1csc(-c2ccc(Cl)s2)n1)N1CCCNCC1. The third kappa shape index (κ3) is 3.03. The lowest BCUT2D eigenvalue weighted by Crippen LogP contribution is -2.34. The minimum Gasteiger partial charge on any atom is -0.336 e. The van der Waals surface area contributed by atoms with Crippen LogP contribution < -0.4 is 5.32 Å². The average Bonchev–Trinajstić information content (AvgIpc) is 3.00. The Morgan fingerprint density at radius 2 is 2.25 bits per heavy atom. The summed E-state index contributed by atoms with van der Waals surface area (Å²) < 4.78 is 0.738. The molecule has 0 spiro atoms. The third-order valence-electron chi connectivity index (χ3n) is 3.13. The molecule has 2 aromatic heterocycles. The molecule has 1 N–H and O–H groups in total. The number of halogens is 1. The van der Waals surface area contributed by atoms with E-state index in [4.69, 9.17) is 11.6 Å². The smallest absolute Gasteiger partial charge is 0.273 e. The van der Waals surface area contributed by atoms with Gasteiger partial charge in [0, 0.05) is 25.0 Å². The van der Waals surface area contributed by atoms with Crippen LogP contribution in [0.2, 0.25) is 4.34 Å². The highest BCUT2D eigenvalue weighted by Crippen LogP contribution is 2.33. The van der Waals surface area contributed by atoms with Crippen molar-refractivity contribution in [2.75, 3.05) is 26.2 Å². The number of thiophene rings is 1. The fraction of sp³-hybridized carbons (Fsp3) is 0.385. The molecule has 1 fully saturated rings. The van der Waals surface area contributed by atoms with Gasteiger partial charge in [0.05, 0.1) is 9.21 Å². The molecule has 4 nitrogen and oxygen atoms in total. The number of hydrogen-bond donors (Lipinski definition) is 1. The maximum atomic E-state index is 12.4. The molecule has 20 heavy (non-hydrogen) atoms. The summed E-state index contributed by atoms with van der Waals surface area (Å²) in [6.07, 6.45) is 0.989. The third-order valence-corrected chi connectivity index (χ3v) is 5.38. The van der Waals surface area contributed by atoms with Crippen LogP contribution in [0.15, 0.2) is 17.5 Å². The number of rotatable bonds is 2. The first-order chi connectivity index (χ1) is 9.74. The van der Waals surface area contributed by atoms with E-state index in [0.717, 1.165) is 46.8 Å². The van der Waals surface area contributed by atoms with Gasteiger partial charge in [-0.15, -0.1) is 22.7 Å². The highest BCUT2D eigenvalue weighted by molar-refractivity contribution is 7.23. The van der Waals surface area contributed by atoms with Crippen molar-refractivity contribution in [3.63, 3.8) is 0 Å². The van der Waals surface area contributed by atoms with Crippen LogP contribution in [-0.4, -0.2) is 42.0 Å². The van der Waals surface area contributed by atoms with Gasteiger partial charge >= 0.3 is 0 Å². The van der Waals surface area contributed by atoms with Gasteiger partial charge in [0.1, 0.15) is 10.7 Å². The van der Waals surface area contributed by atoms with Crippen molar-refractivity contribution in [2.24, 2.45) is 0 Å². The van der Waals surface area contributed by atoms with Crippen molar-refractivity contribution in [1.29, 1.82) is 0 Å². The van der Waals surface area contributed by atoms with E-state index < -0.39 is 0 Å². The molecule has 0 bridgehead atoms. The molecule has 0 radical (unpaired) electrons. The number of thiazole rings is 1. The topological polar surface area (TPSA) is 45.2 Å². The van der Waals surface area contributed by atoms with Gasteiger partial charge in [-0.05, 0) is 25.1 Å². The Morgan fingerprint density at radius 3 is 3.05 bits per heavy atom. The van der Waals surface area contributed by atoms with Crippen molar-refractivity contribution in [3.8, 4) is 9.88 Å². The molecule has 3 rings (SSSR count). The highest BCUT2D eigenvalue weighted by Gasteiger charge is 2.20. The second kappa shape index (κ2) is 6.22. The van der Waals surface area contributed by atoms with Crippen LogP contribution in [-0.2, 0) is 0 Å². The molecule has 1 aliphatic rings. The zero-order valence-electron chi connectivity index (χ0n) is 10.8. The van der Waals surface area contributed by atoms with Gasteiger partial charge in [0.25, 0.3) is 5.91 Å². The fourth-order valence-corrected chi connectivity index (χ4v) is 4.03. The minimum absolute atomic E-state index is 0.0267. The van der Waals surface area contributed by atoms with Crippen molar-refractivity contribution in [3.05, 3.63) is 27.5 Å². The van der Waals surface area contributed by atoms with Crippen LogP contribution >= 0.6 is 34.3 Å². The molecule has 0 atom stereocenters.